The summed E-state index contributed by atoms with van der Waals surface area (Å²) in [5.41, 5.74) is 0.945. The Bertz CT molecular complexity index is 1240. The maximum Gasteiger partial charge on any atom is 0.273 e. The minimum absolute atomic E-state index is 0.0497. The van der Waals surface area contributed by atoms with Gasteiger partial charge in [-0.15, -0.1) is 0 Å². The van der Waals surface area contributed by atoms with E-state index in [1.807, 2.05) is 46.2 Å². The number of piperidine rings is 1. The molecule has 35 heavy (non-hydrogen) atoms. The summed E-state index contributed by atoms with van der Waals surface area (Å²) in [7, 11) is 0. The summed E-state index contributed by atoms with van der Waals surface area (Å²) in [6.07, 6.45) is 4.39. The largest absolute Gasteiger partial charge is 0.339 e. The lowest BCUT2D eigenvalue weighted by molar-refractivity contribution is -0.139. The predicted molar refractivity (Wildman–Crippen MR) is 134 cm³/mol. The number of benzene rings is 2. The summed E-state index contributed by atoms with van der Waals surface area (Å²) >= 11 is 0. The Morgan fingerprint density at radius 3 is 2.63 bits per heavy atom. The molecule has 5 rings (SSSR count). The van der Waals surface area contributed by atoms with Crippen LogP contribution in [0.1, 0.15) is 49.2 Å². The van der Waals surface area contributed by atoms with E-state index in [0.29, 0.717) is 50.5 Å². The Hall–Kier alpha value is -3.28. The SMILES string of the molecule is CC(C)CN1C(=O)C2(CCN(C(=O)c3nccc4ccccc34)CC2)C[C@H]1Cc1cccc(F)c1. The monoisotopic (exact) mass is 473 g/mol. The second kappa shape index (κ2) is 9.40. The highest BCUT2D eigenvalue weighted by Crippen LogP contribution is 2.45. The zero-order chi connectivity index (χ0) is 24.6. The molecule has 0 N–H and O–H groups in total. The van der Waals surface area contributed by atoms with Gasteiger partial charge in [-0.3, -0.25) is 14.6 Å². The third kappa shape index (κ3) is 4.54. The molecule has 2 aliphatic rings. The molecule has 2 aliphatic heterocycles. The molecule has 0 radical (unpaired) electrons. The Morgan fingerprint density at radius 2 is 1.89 bits per heavy atom. The Balaban J connectivity index is 1.34. The van der Waals surface area contributed by atoms with Crippen molar-refractivity contribution in [3.8, 4) is 0 Å². The fourth-order valence-corrected chi connectivity index (χ4v) is 5.86. The Kier molecular flexibility index (Phi) is 6.30. The zero-order valence-corrected chi connectivity index (χ0v) is 20.4. The minimum atomic E-state index is -0.449. The molecule has 0 unspecified atom stereocenters. The van der Waals surface area contributed by atoms with Crippen LogP contribution in [0.3, 0.4) is 0 Å². The van der Waals surface area contributed by atoms with Crippen molar-refractivity contribution in [3.63, 3.8) is 0 Å². The van der Waals surface area contributed by atoms with E-state index in [0.717, 1.165) is 22.8 Å². The van der Waals surface area contributed by atoms with Crippen LogP contribution in [0.4, 0.5) is 4.39 Å². The summed E-state index contributed by atoms with van der Waals surface area (Å²) in [5, 5.41) is 1.85. The lowest BCUT2D eigenvalue weighted by atomic mass is 9.75. The van der Waals surface area contributed by atoms with Gasteiger partial charge in [0, 0.05) is 37.3 Å². The average Bonchev–Trinajstić information content (AvgIpc) is 3.08. The Morgan fingerprint density at radius 1 is 1.11 bits per heavy atom. The van der Waals surface area contributed by atoms with Crippen LogP contribution in [0, 0.1) is 17.2 Å². The fraction of sp³-hybridized carbons (Fsp3) is 0.414. The first-order valence-electron chi connectivity index (χ1n) is 12.5. The van der Waals surface area contributed by atoms with Crippen LogP contribution in [-0.2, 0) is 11.2 Å². The molecular formula is C29H32FN3O2. The average molecular weight is 474 g/mol. The van der Waals surface area contributed by atoms with Crippen LogP contribution in [0.5, 0.6) is 0 Å². The topological polar surface area (TPSA) is 53.5 Å². The molecule has 3 aromatic rings. The van der Waals surface area contributed by atoms with E-state index < -0.39 is 5.41 Å². The lowest BCUT2D eigenvalue weighted by Gasteiger charge is -2.38. The third-order valence-electron chi connectivity index (χ3n) is 7.59. The quantitative estimate of drug-likeness (QED) is 0.518. The summed E-state index contributed by atoms with van der Waals surface area (Å²) < 4.78 is 13.8. The molecule has 0 saturated carbocycles. The maximum atomic E-state index is 13.8. The van der Waals surface area contributed by atoms with E-state index in [2.05, 4.69) is 18.8 Å². The predicted octanol–water partition coefficient (Wildman–Crippen LogP) is 5.10. The number of nitrogens with zero attached hydrogens (tertiary/aromatic N) is 3. The molecule has 3 heterocycles. The van der Waals surface area contributed by atoms with E-state index in [1.165, 1.54) is 6.07 Å². The number of hydrogen-bond donors (Lipinski definition) is 0. The van der Waals surface area contributed by atoms with Crippen LogP contribution in [-0.4, -0.2) is 52.3 Å². The van der Waals surface area contributed by atoms with E-state index in [-0.39, 0.29) is 23.7 Å². The fourth-order valence-electron chi connectivity index (χ4n) is 5.86. The number of halogens is 1. The first-order chi connectivity index (χ1) is 16.9. The van der Waals surface area contributed by atoms with Gasteiger partial charge in [-0.2, -0.15) is 0 Å². The van der Waals surface area contributed by atoms with Gasteiger partial charge >= 0.3 is 0 Å². The highest BCUT2D eigenvalue weighted by molar-refractivity contribution is 6.05. The number of pyridine rings is 1. The van der Waals surface area contributed by atoms with Crippen LogP contribution in [0.2, 0.25) is 0 Å². The second-order valence-corrected chi connectivity index (χ2v) is 10.5. The normalized spacial score (nSPS) is 19.8. The summed E-state index contributed by atoms with van der Waals surface area (Å²) in [4.78, 5) is 35.4. The molecule has 1 spiro atoms. The van der Waals surface area contributed by atoms with E-state index in [4.69, 9.17) is 0 Å². The zero-order valence-electron chi connectivity index (χ0n) is 20.4. The molecule has 0 bridgehead atoms. The number of likely N-dealkylation sites (tertiary alicyclic amines) is 2. The number of aromatic nitrogens is 1. The van der Waals surface area contributed by atoms with Gasteiger partial charge in [0.2, 0.25) is 5.91 Å². The summed E-state index contributed by atoms with van der Waals surface area (Å²) in [6, 6.07) is 16.4. The standard InChI is InChI=1S/C29H32FN3O2/c1-20(2)19-33-24(17-21-6-5-8-23(30)16-21)18-29(28(33)35)11-14-32(15-12-29)27(34)26-25-9-4-3-7-22(25)10-13-31-26/h3-10,13,16,20,24H,11-12,14-15,17-19H2,1-2H3/t24-/m1/s1. The van der Waals surface area contributed by atoms with Crippen molar-refractivity contribution < 1.29 is 14.0 Å². The van der Waals surface area contributed by atoms with Gasteiger partial charge in [-0.1, -0.05) is 50.2 Å². The molecule has 182 valence electrons. The van der Waals surface area contributed by atoms with E-state index in [1.54, 1.807) is 18.3 Å². The van der Waals surface area contributed by atoms with Crippen molar-refractivity contribution in [2.45, 2.75) is 45.6 Å². The molecule has 1 atom stereocenters. The smallest absolute Gasteiger partial charge is 0.273 e. The highest BCUT2D eigenvalue weighted by atomic mass is 19.1. The molecule has 0 aliphatic carbocycles. The van der Waals surface area contributed by atoms with Crippen molar-refractivity contribution in [3.05, 3.63) is 77.9 Å². The Labute approximate surface area is 205 Å². The van der Waals surface area contributed by atoms with Crippen LogP contribution >= 0.6 is 0 Å². The van der Waals surface area contributed by atoms with E-state index in [9.17, 15) is 14.0 Å². The molecule has 2 saturated heterocycles. The van der Waals surface area contributed by atoms with Crippen LogP contribution in [0.15, 0.2) is 60.8 Å². The van der Waals surface area contributed by atoms with Crippen molar-refractivity contribution in [2.75, 3.05) is 19.6 Å². The lowest BCUT2D eigenvalue weighted by Crippen LogP contribution is -2.47. The molecule has 6 heteroatoms. The van der Waals surface area contributed by atoms with Gasteiger partial charge in [0.05, 0.1) is 5.41 Å². The molecule has 2 fully saturated rings. The number of fused-ring (bicyclic) bond motifs is 1. The first kappa shape index (κ1) is 23.5. The number of carbonyl (C=O) groups is 2. The van der Waals surface area contributed by atoms with Gasteiger partial charge in [-0.25, -0.2) is 4.39 Å². The van der Waals surface area contributed by atoms with Crippen LogP contribution in [0.25, 0.3) is 10.8 Å². The minimum Gasteiger partial charge on any atom is -0.339 e. The van der Waals surface area contributed by atoms with Crippen molar-refractivity contribution in [2.24, 2.45) is 11.3 Å². The van der Waals surface area contributed by atoms with Crippen molar-refractivity contribution >= 4 is 22.6 Å². The van der Waals surface area contributed by atoms with Gasteiger partial charge in [0.25, 0.3) is 5.91 Å². The molecule has 2 amide bonds. The molecule has 5 nitrogen and oxygen atoms in total. The highest BCUT2D eigenvalue weighted by Gasteiger charge is 2.52. The maximum absolute atomic E-state index is 13.8. The third-order valence-corrected chi connectivity index (χ3v) is 7.59. The van der Waals surface area contributed by atoms with Gasteiger partial charge in [0.15, 0.2) is 0 Å². The number of carbonyl (C=O) groups excluding carboxylic acids is 2. The molecular weight excluding hydrogens is 441 g/mol. The molecule has 1 aromatic heterocycles. The van der Waals surface area contributed by atoms with Crippen molar-refractivity contribution in [1.29, 1.82) is 0 Å². The van der Waals surface area contributed by atoms with Gasteiger partial charge < -0.3 is 9.80 Å². The summed E-state index contributed by atoms with van der Waals surface area (Å²) in [6.45, 7) is 6.02. The van der Waals surface area contributed by atoms with Gasteiger partial charge in [0.1, 0.15) is 11.5 Å². The van der Waals surface area contributed by atoms with Gasteiger partial charge in [-0.05, 0) is 60.7 Å². The van der Waals surface area contributed by atoms with E-state index >= 15 is 0 Å². The second-order valence-electron chi connectivity index (χ2n) is 10.5. The number of amides is 2. The molecule has 2 aromatic carbocycles. The first-order valence-corrected chi connectivity index (χ1v) is 12.5. The summed E-state index contributed by atoms with van der Waals surface area (Å²) in [5.74, 6) is 0.231. The van der Waals surface area contributed by atoms with Crippen LogP contribution < -0.4 is 0 Å². The number of rotatable bonds is 5. The van der Waals surface area contributed by atoms with Crippen molar-refractivity contribution in [1.82, 2.24) is 14.8 Å². The number of hydrogen-bond acceptors (Lipinski definition) is 3.